The molecule has 4 rings (SSSR count). The zero-order chi connectivity index (χ0) is 23.1. The van der Waals surface area contributed by atoms with Gasteiger partial charge < -0.3 is 25.2 Å². The van der Waals surface area contributed by atoms with Crippen molar-refractivity contribution in [3.05, 3.63) is 34.9 Å². The molecule has 0 heterocycles. The van der Waals surface area contributed by atoms with Crippen molar-refractivity contribution in [3.63, 3.8) is 0 Å². The number of carbonyl (C=O) groups excluding carboxylic acids is 1. The van der Waals surface area contributed by atoms with Crippen LogP contribution < -0.4 is 0 Å². The predicted molar refractivity (Wildman–Crippen MR) is 116 cm³/mol. The minimum Gasteiger partial charge on any atom is -0.451 e. The van der Waals surface area contributed by atoms with Crippen molar-refractivity contribution in [1.29, 1.82) is 0 Å². The summed E-state index contributed by atoms with van der Waals surface area (Å²) in [6, 6.07) is 0. The number of aliphatic hydroxyl groups excluding tert-OH is 3. The van der Waals surface area contributed by atoms with Crippen molar-refractivity contribution in [2.24, 2.45) is 34.5 Å². The first-order chi connectivity index (χ1) is 14.4. The topological polar surface area (TPSA) is 107 Å². The zero-order valence-electron chi connectivity index (χ0n) is 19.3. The lowest BCUT2D eigenvalue weighted by Crippen LogP contribution is -2.66. The molecule has 0 aromatic carbocycles. The molecule has 0 aromatic rings. The molecule has 0 saturated heterocycles. The van der Waals surface area contributed by atoms with Crippen LogP contribution in [0.4, 0.5) is 0 Å². The molecule has 4 aliphatic rings. The number of esters is 1. The van der Waals surface area contributed by atoms with Crippen molar-refractivity contribution < 1.29 is 30.0 Å². The van der Waals surface area contributed by atoms with Crippen molar-refractivity contribution in [3.8, 4) is 0 Å². The highest BCUT2D eigenvalue weighted by Gasteiger charge is 2.76. The molecule has 2 fully saturated rings. The zero-order valence-corrected chi connectivity index (χ0v) is 19.3. The van der Waals surface area contributed by atoms with Gasteiger partial charge >= 0.3 is 5.97 Å². The number of ether oxygens (including phenoxy) is 1. The van der Waals surface area contributed by atoms with Gasteiger partial charge in [0.1, 0.15) is 11.7 Å². The van der Waals surface area contributed by atoms with Crippen LogP contribution in [0.25, 0.3) is 0 Å². The van der Waals surface area contributed by atoms with Gasteiger partial charge in [0.2, 0.25) is 0 Å². The molecular formula is C25H36O6. The van der Waals surface area contributed by atoms with Gasteiger partial charge in [-0.25, -0.2) is 4.79 Å². The molecule has 1 spiro atoms. The largest absolute Gasteiger partial charge is 0.451 e. The fourth-order valence-electron chi connectivity index (χ4n) is 7.22. The molecule has 2 bridgehead atoms. The number of carbonyl (C=O) groups is 1. The van der Waals surface area contributed by atoms with Gasteiger partial charge in [-0.05, 0) is 61.5 Å². The van der Waals surface area contributed by atoms with Crippen molar-refractivity contribution in [2.75, 3.05) is 6.61 Å². The van der Waals surface area contributed by atoms with Crippen LogP contribution >= 0.6 is 0 Å². The first-order valence-electron chi connectivity index (χ1n) is 11.3. The standard InChI is InChI=1S/C25H36O6/c1-7-12(2)22(29)31-21-13(3)10-24-14(4)8-17-18(23(17,5)6)16(20(24)28)9-15(11-26)19(27)25(21,24)30/h7,9-10,14,16-21,26-28,30H,8,11H2,1-6H3/b12-7-/t14-,16+,17-,18+,19-,20?,21+,24+,25+/m1/s1. The monoisotopic (exact) mass is 432 g/mol. The summed E-state index contributed by atoms with van der Waals surface area (Å²) in [4.78, 5) is 12.6. The van der Waals surface area contributed by atoms with E-state index >= 15 is 0 Å². The van der Waals surface area contributed by atoms with Crippen LogP contribution in [0.2, 0.25) is 0 Å². The molecule has 9 atom stereocenters. The lowest BCUT2D eigenvalue weighted by molar-refractivity contribution is -0.223. The summed E-state index contributed by atoms with van der Waals surface area (Å²) in [6.07, 6.45) is 2.46. The minimum absolute atomic E-state index is 0.0399. The SMILES string of the molecule is C/C=C(/C)C(=O)O[C@H]1C(C)=C[C@]23C(O)[C@@H](C=C(CO)[C@@H](O)[C@]12O)[C@H]1[C@@H](C[C@H]3C)C1(C)C. The summed E-state index contributed by atoms with van der Waals surface area (Å²) < 4.78 is 5.76. The number of hydrogen-bond acceptors (Lipinski definition) is 6. The molecule has 6 heteroatoms. The smallest absolute Gasteiger partial charge is 0.334 e. The number of rotatable bonds is 3. The van der Waals surface area contributed by atoms with E-state index in [-0.39, 0.29) is 28.7 Å². The third-order valence-electron chi connectivity index (χ3n) is 9.14. The Morgan fingerprint density at radius 3 is 2.55 bits per heavy atom. The summed E-state index contributed by atoms with van der Waals surface area (Å²) in [6.45, 7) is 11.1. The Morgan fingerprint density at radius 1 is 1.32 bits per heavy atom. The summed E-state index contributed by atoms with van der Waals surface area (Å²) >= 11 is 0. The number of allylic oxidation sites excluding steroid dienone is 1. The normalized spacial score (nSPS) is 47.9. The molecule has 0 aromatic heterocycles. The van der Waals surface area contributed by atoms with Crippen molar-refractivity contribution >= 4 is 5.97 Å². The fourth-order valence-corrected chi connectivity index (χ4v) is 7.22. The van der Waals surface area contributed by atoms with Crippen LogP contribution in [0.3, 0.4) is 0 Å². The van der Waals surface area contributed by atoms with Crippen LogP contribution in [-0.4, -0.2) is 56.9 Å². The van der Waals surface area contributed by atoms with E-state index < -0.39 is 41.9 Å². The van der Waals surface area contributed by atoms with Crippen LogP contribution in [0.1, 0.15) is 48.0 Å². The van der Waals surface area contributed by atoms with E-state index in [1.54, 1.807) is 32.9 Å². The van der Waals surface area contributed by atoms with Crippen molar-refractivity contribution in [2.45, 2.75) is 71.9 Å². The summed E-state index contributed by atoms with van der Waals surface area (Å²) in [7, 11) is 0. The molecule has 2 saturated carbocycles. The Hall–Kier alpha value is -1.47. The summed E-state index contributed by atoms with van der Waals surface area (Å²) in [5, 5.41) is 45.7. The Morgan fingerprint density at radius 2 is 1.97 bits per heavy atom. The second-order valence-corrected chi connectivity index (χ2v) is 10.8. The van der Waals surface area contributed by atoms with E-state index in [4.69, 9.17) is 4.74 Å². The number of fused-ring (bicyclic) bond motifs is 3. The van der Waals surface area contributed by atoms with Gasteiger partial charge in [-0.1, -0.05) is 39.0 Å². The average Bonchev–Trinajstić information content (AvgIpc) is 3.21. The van der Waals surface area contributed by atoms with Gasteiger partial charge in [-0.15, -0.1) is 0 Å². The first-order valence-corrected chi connectivity index (χ1v) is 11.3. The van der Waals surface area contributed by atoms with Gasteiger partial charge in [0.25, 0.3) is 0 Å². The third-order valence-corrected chi connectivity index (χ3v) is 9.14. The molecular weight excluding hydrogens is 396 g/mol. The van der Waals surface area contributed by atoms with Gasteiger partial charge in [-0.2, -0.15) is 0 Å². The maximum absolute atomic E-state index is 12.6. The van der Waals surface area contributed by atoms with E-state index in [1.165, 1.54) is 0 Å². The van der Waals surface area contributed by atoms with Crippen LogP contribution in [0.5, 0.6) is 0 Å². The average molecular weight is 433 g/mol. The quantitative estimate of drug-likeness (QED) is 0.309. The highest BCUT2D eigenvalue weighted by Crippen LogP contribution is 2.72. The molecule has 6 nitrogen and oxygen atoms in total. The second kappa shape index (κ2) is 7.01. The van der Waals surface area contributed by atoms with Gasteiger partial charge in [-0.3, -0.25) is 0 Å². The summed E-state index contributed by atoms with van der Waals surface area (Å²) in [5.41, 5.74) is -1.86. The summed E-state index contributed by atoms with van der Waals surface area (Å²) in [5.74, 6) is -0.493. The predicted octanol–water partition coefficient (Wildman–Crippen LogP) is 2.12. The van der Waals surface area contributed by atoms with Crippen LogP contribution in [0, 0.1) is 34.5 Å². The molecule has 0 amide bonds. The molecule has 4 N–H and O–H groups in total. The number of aliphatic hydroxyl groups is 4. The van der Waals surface area contributed by atoms with Gasteiger partial charge in [0.05, 0.1) is 18.1 Å². The molecule has 1 unspecified atom stereocenters. The van der Waals surface area contributed by atoms with E-state index in [1.807, 2.05) is 13.0 Å². The Balaban J connectivity index is 1.90. The highest BCUT2D eigenvalue weighted by molar-refractivity contribution is 5.88. The molecule has 4 aliphatic carbocycles. The van der Waals surface area contributed by atoms with E-state index in [2.05, 4.69) is 13.8 Å². The Bertz CT molecular complexity index is 884. The number of hydrogen-bond donors (Lipinski definition) is 4. The lowest BCUT2D eigenvalue weighted by Gasteiger charge is -2.52. The maximum atomic E-state index is 12.6. The maximum Gasteiger partial charge on any atom is 0.334 e. The van der Waals surface area contributed by atoms with Crippen LogP contribution in [0.15, 0.2) is 34.9 Å². The van der Waals surface area contributed by atoms with Gasteiger partial charge in [0.15, 0.2) is 6.10 Å². The Labute approximate surface area is 184 Å². The first kappa shape index (κ1) is 22.7. The van der Waals surface area contributed by atoms with Crippen molar-refractivity contribution in [1.82, 2.24) is 0 Å². The minimum atomic E-state index is -1.98. The van der Waals surface area contributed by atoms with Gasteiger partial charge in [0, 0.05) is 11.5 Å². The fraction of sp³-hybridized carbons (Fsp3) is 0.720. The highest BCUT2D eigenvalue weighted by atomic mass is 16.6. The van der Waals surface area contributed by atoms with E-state index in [0.29, 0.717) is 17.1 Å². The van der Waals surface area contributed by atoms with E-state index in [9.17, 15) is 25.2 Å². The molecule has 172 valence electrons. The molecule has 31 heavy (non-hydrogen) atoms. The second-order valence-electron chi connectivity index (χ2n) is 10.8. The van der Waals surface area contributed by atoms with E-state index in [0.717, 1.165) is 6.42 Å². The lowest BCUT2D eigenvalue weighted by atomic mass is 9.58. The third kappa shape index (κ3) is 2.68. The Kier molecular flexibility index (Phi) is 5.14. The molecule has 0 radical (unpaired) electrons. The van der Waals surface area contributed by atoms with Crippen LogP contribution in [-0.2, 0) is 9.53 Å². The molecule has 0 aliphatic heterocycles.